The van der Waals surface area contributed by atoms with Crippen LogP contribution in [0.25, 0.3) is 0 Å². The number of piperidine rings is 1. The molecule has 2 rings (SSSR count). The first kappa shape index (κ1) is 14.9. The average molecular weight is 277 g/mol. The summed E-state index contributed by atoms with van der Waals surface area (Å²) >= 11 is 0. The van der Waals surface area contributed by atoms with Gasteiger partial charge in [0.15, 0.2) is 0 Å². The van der Waals surface area contributed by atoms with Gasteiger partial charge in [-0.05, 0) is 38.3 Å². The number of aryl methyl sites for hydroxylation is 2. The monoisotopic (exact) mass is 277 g/mol. The van der Waals surface area contributed by atoms with E-state index < -0.39 is 0 Å². The van der Waals surface area contributed by atoms with Gasteiger partial charge in [0, 0.05) is 13.1 Å². The lowest BCUT2D eigenvalue weighted by Crippen LogP contribution is -2.40. The molecule has 0 atom stereocenters. The molecule has 1 aromatic rings. The van der Waals surface area contributed by atoms with Gasteiger partial charge in [0.1, 0.15) is 5.75 Å². The second-order valence-electron chi connectivity index (χ2n) is 5.48. The zero-order valence-electron chi connectivity index (χ0n) is 12.3. The number of rotatable bonds is 4. The predicted octanol–water partition coefficient (Wildman–Crippen LogP) is 2.06. The Bertz CT molecular complexity index is 465. The van der Waals surface area contributed by atoms with E-state index in [1.807, 2.05) is 30.9 Å². The van der Waals surface area contributed by atoms with E-state index in [1.165, 1.54) is 5.56 Å². The molecule has 1 amide bonds. The van der Waals surface area contributed by atoms with Crippen molar-refractivity contribution in [2.45, 2.75) is 39.2 Å². The zero-order valence-corrected chi connectivity index (χ0v) is 12.3. The van der Waals surface area contributed by atoms with Gasteiger partial charge in [0.25, 0.3) is 0 Å². The maximum atomic E-state index is 12.0. The number of amides is 1. The summed E-state index contributed by atoms with van der Waals surface area (Å²) in [6.07, 6.45) is 1.52. The second-order valence-corrected chi connectivity index (χ2v) is 5.48. The summed E-state index contributed by atoms with van der Waals surface area (Å²) < 4.78 is 5.68. The lowest BCUT2D eigenvalue weighted by molar-refractivity contribution is -0.133. The van der Waals surface area contributed by atoms with Gasteiger partial charge in [-0.2, -0.15) is 0 Å². The van der Waals surface area contributed by atoms with E-state index in [4.69, 9.17) is 4.74 Å². The third-order valence-corrected chi connectivity index (χ3v) is 3.72. The lowest BCUT2D eigenvalue weighted by atomic mass is 10.1. The van der Waals surface area contributed by atoms with Gasteiger partial charge in [-0.25, -0.2) is 0 Å². The number of aliphatic hydroxyl groups is 1. The number of benzene rings is 1. The molecule has 1 aliphatic rings. The van der Waals surface area contributed by atoms with E-state index in [-0.39, 0.29) is 12.0 Å². The van der Waals surface area contributed by atoms with Gasteiger partial charge in [0.2, 0.25) is 5.91 Å². The van der Waals surface area contributed by atoms with Crippen LogP contribution in [0.5, 0.6) is 5.75 Å². The fourth-order valence-corrected chi connectivity index (χ4v) is 2.48. The Labute approximate surface area is 120 Å². The zero-order chi connectivity index (χ0) is 14.5. The Kier molecular flexibility index (Phi) is 5.01. The SMILES string of the molecule is Cc1ccc(OCCC(=O)N2CCC(O)CC2)c(C)c1. The van der Waals surface area contributed by atoms with Gasteiger partial charge in [0.05, 0.1) is 19.1 Å². The van der Waals surface area contributed by atoms with Crippen molar-refractivity contribution < 1.29 is 14.6 Å². The fourth-order valence-electron chi connectivity index (χ4n) is 2.48. The van der Waals surface area contributed by atoms with Crippen molar-refractivity contribution >= 4 is 5.91 Å². The summed E-state index contributed by atoms with van der Waals surface area (Å²) in [7, 11) is 0. The summed E-state index contributed by atoms with van der Waals surface area (Å²) in [5.41, 5.74) is 2.30. The molecule has 4 nitrogen and oxygen atoms in total. The Balaban J connectivity index is 1.76. The van der Waals surface area contributed by atoms with E-state index >= 15 is 0 Å². The smallest absolute Gasteiger partial charge is 0.226 e. The first-order valence-electron chi connectivity index (χ1n) is 7.22. The largest absolute Gasteiger partial charge is 0.493 e. The van der Waals surface area contributed by atoms with E-state index in [0.717, 1.165) is 11.3 Å². The number of carbonyl (C=O) groups is 1. The van der Waals surface area contributed by atoms with Crippen molar-refractivity contribution in [2.75, 3.05) is 19.7 Å². The van der Waals surface area contributed by atoms with Gasteiger partial charge in [-0.15, -0.1) is 0 Å². The summed E-state index contributed by atoms with van der Waals surface area (Å²) in [6, 6.07) is 6.03. The Morgan fingerprint density at radius 3 is 2.70 bits per heavy atom. The first-order chi connectivity index (χ1) is 9.56. The van der Waals surface area contributed by atoms with E-state index in [9.17, 15) is 9.90 Å². The topological polar surface area (TPSA) is 49.8 Å². The molecule has 1 fully saturated rings. The first-order valence-corrected chi connectivity index (χ1v) is 7.22. The van der Waals surface area contributed by atoms with Crippen LogP contribution >= 0.6 is 0 Å². The van der Waals surface area contributed by atoms with Crippen LogP contribution in [-0.2, 0) is 4.79 Å². The van der Waals surface area contributed by atoms with Crippen molar-refractivity contribution in [1.29, 1.82) is 0 Å². The molecule has 4 heteroatoms. The third kappa shape index (κ3) is 3.97. The molecule has 0 aliphatic carbocycles. The summed E-state index contributed by atoms with van der Waals surface area (Å²) in [5, 5.41) is 9.42. The number of hydrogen-bond acceptors (Lipinski definition) is 3. The standard InChI is InChI=1S/C16H23NO3/c1-12-3-4-15(13(2)11-12)20-10-7-16(19)17-8-5-14(18)6-9-17/h3-4,11,14,18H,5-10H2,1-2H3. The molecule has 1 aliphatic heterocycles. The van der Waals surface area contributed by atoms with Crippen LogP contribution in [0.15, 0.2) is 18.2 Å². The Morgan fingerprint density at radius 1 is 1.35 bits per heavy atom. The Hall–Kier alpha value is -1.55. The highest BCUT2D eigenvalue weighted by molar-refractivity contribution is 5.76. The van der Waals surface area contributed by atoms with Crippen LogP contribution < -0.4 is 4.74 Å². The molecule has 0 radical (unpaired) electrons. The number of hydrogen-bond donors (Lipinski definition) is 1. The van der Waals surface area contributed by atoms with Crippen molar-refractivity contribution in [3.05, 3.63) is 29.3 Å². The van der Waals surface area contributed by atoms with Gasteiger partial charge >= 0.3 is 0 Å². The van der Waals surface area contributed by atoms with E-state index in [1.54, 1.807) is 0 Å². The molecule has 0 unspecified atom stereocenters. The van der Waals surface area contributed by atoms with Crippen molar-refractivity contribution in [3.63, 3.8) is 0 Å². The lowest BCUT2D eigenvalue weighted by Gasteiger charge is -2.29. The molecular formula is C16H23NO3. The number of ether oxygens (including phenoxy) is 1. The minimum absolute atomic E-state index is 0.113. The van der Waals surface area contributed by atoms with Crippen molar-refractivity contribution in [3.8, 4) is 5.75 Å². The molecule has 0 aromatic heterocycles. The van der Waals surface area contributed by atoms with Crippen LogP contribution in [0.1, 0.15) is 30.4 Å². The van der Waals surface area contributed by atoms with Gasteiger partial charge < -0.3 is 14.7 Å². The van der Waals surface area contributed by atoms with E-state index in [2.05, 4.69) is 6.07 Å². The highest BCUT2D eigenvalue weighted by Gasteiger charge is 2.20. The second kappa shape index (κ2) is 6.75. The minimum Gasteiger partial charge on any atom is -0.493 e. The fraction of sp³-hybridized carbons (Fsp3) is 0.562. The molecule has 20 heavy (non-hydrogen) atoms. The van der Waals surface area contributed by atoms with Crippen molar-refractivity contribution in [2.24, 2.45) is 0 Å². The van der Waals surface area contributed by atoms with Crippen LogP contribution in [0, 0.1) is 13.8 Å². The van der Waals surface area contributed by atoms with Crippen molar-refractivity contribution in [1.82, 2.24) is 4.90 Å². The molecule has 1 N–H and O–H groups in total. The molecule has 0 saturated carbocycles. The highest BCUT2D eigenvalue weighted by atomic mass is 16.5. The summed E-state index contributed by atoms with van der Waals surface area (Å²) in [4.78, 5) is 13.8. The van der Waals surface area contributed by atoms with Crippen LogP contribution in [0.3, 0.4) is 0 Å². The molecule has 1 aromatic carbocycles. The predicted molar refractivity (Wildman–Crippen MR) is 77.8 cm³/mol. The summed E-state index contributed by atoms with van der Waals surface area (Å²) in [5.74, 6) is 0.958. The van der Waals surface area contributed by atoms with Gasteiger partial charge in [-0.3, -0.25) is 4.79 Å². The number of likely N-dealkylation sites (tertiary alicyclic amines) is 1. The highest BCUT2D eigenvalue weighted by Crippen LogP contribution is 2.19. The minimum atomic E-state index is -0.245. The number of aliphatic hydroxyl groups excluding tert-OH is 1. The van der Waals surface area contributed by atoms with E-state index in [0.29, 0.717) is 39.0 Å². The maximum absolute atomic E-state index is 12.0. The maximum Gasteiger partial charge on any atom is 0.226 e. The van der Waals surface area contributed by atoms with Crippen LogP contribution in [-0.4, -0.2) is 41.7 Å². The molecule has 110 valence electrons. The molecule has 0 spiro atoms. The Morgan fingerprint density at radius 2 is 2.05 bits per heavy atom. The molecule has 1 saturated heterocycles. The molecule has 1 heterocycles. The average Bonchev–Trinajstić information content (AvgIpc) is 2.42. The quantitative estimate of drug-likeness (QED) is 0.916. The third-order valence-electron chi connectivity index (χ3n) is 3.72. The summed E-state index contributed by atoms with van der Waals surface area (Å²) in [6.45, 7) is 5.77. The molecule has 0 bridgehead atoms. The molecular weight excluding hydrogens is 254 g/mol. The number of nitrogens with zero attached hydrogens (tertiary/aromatic N) is 1. The van der Waals surface area contributed by atoms with Crippen LogP contribution in [0.2, 0.25) is 0 Å². The van der Waals surface area contributed by atoms with Gasteiger partial charge in [-0.1, -0.05) is 17.7 Å². The van der Waals surface area contributed by atoms with Crippen LogP contribution in [0.4, 0.5) is 0 Å². The number of carbonyl (C=O) groups excluding carboxylic acids is 1. The normalized spacial score (nSPS) is 16.2.